The van der Waals surface area contributed by atoms with E-state index < -0.39 is 37.3 Å². The molecule has 0 unspecified atom stereocenters. The van der Waals surface area contributed by atoms with Crippen LogP contribution in [0.15, 0.2) is 0 Å². The molecule has 17 heavy (non-hydrogen) atoms. The minimum absolute atomic E-state index is 0. The lowest BCUT2D eigenvalue weighted by Gasteiger charge is -2.38. The summed E-state index contributed by atoms with van der Waals surface area (Å²) in [5.41, 5.74) is 14.2. The number of guanidine groups is 1. The van der Waals surface area contributed by atoms with Gasteiger partial charge in [-0.3, -0.25) is 5.41 Å². The van der Waals surface area contributed by atoms with Gasteiger partial charge in [-0.1, -0.05) is 0 Å². The van der Waals surface area contributed by atoms with Crippen molar-refractivity contribution in [2.45, 2.75) is 30.6 Å². The molecule has 0 bridgehead atoms. The summed E-state index contributed by atoms with van der Waals surface area (Å²) in [6.07, 6.45) is -4.85. The largest absolute Gasteiger partial charge is 0.394 e. The van der Waals surface area contributed by atoms with Crippen LogP contribution in [0.25, 0.3) is 0 Å². The molecular weight excluding hydrogens is 256 g/mol. The predicted octanol–water partition coefficient (Wildman–Crippen LogP) is -3.99. The SMILES string of the molecule is Cl.N=C(N)N.N[C@@H]1[C@@H](O)[C@H](O)[C@@H](CO)O[C@H]1O. The van der Waals surface area contributed by atoms with Gasteiger partial charge in [-0.15, -0.1) is 12.4 Å². The molecule has 1 heterocycles. The maximum Gasteiger partial charge on any atom is 0.183 e. The molecule has 1 aliphatic rings. The molecule has 9 nitrogen and oxygen atoms in total. The van der Waals surface area contributed by atoms with Crippen LogP contribution in [0.4, 0.5) is 0 Å². The molecule has 1 rings (SSSR count). The zero-order chi connectivity index (χ0) is 12.9. The van der Waals surface area contributed by atoms with E-state index in [1.807, 2.05) is 0 Å². The van der Waals surface area contributed by atoms with Crippen LogP contribution in [0.5, 0.6) is 0 Å². The number of nitrogens with one attached hydrogen (secondary N) is 1. The van der Waals surface area contributed by atoms with Crippen LogP contribution in [0.1, 0.15) is 0 Å². The number of halogens is 1. The molecule has 0 spiro atoms. The molecule has 0 saturated carbocycles. The first-order valence-corrected chi connectivity index (χ1v) is 4.46. The predicted molar refractivity (Wildman–Crippen MR) is 61.3 cm³/mol. The van der Waals surface area contributed by atoms with E-state index in [1.165, 1.54) is 0 Å². The first-order valence-electron chi connectivity index (χ1n) is 4.46. The number of hydrogen-bond donors (Lipinski definition) is 8. The molecule has 5 atom stereocenters. The molecule has 0 aliphatic carbocycles. The average molecular weight is 275 g/mol. The summed E-state index contributed by atoms with van der Waals surface area (Å²) in [5.74, 6) is -0.333. The summed E-state index contributed by atoms with van der Waals surface area (Å²) >= 11 is 0. The van der Waals surface area contributed by atoms with Crippen molar-refractivity contribution in [3.05, 3.63) is 0 Å². The second-order valence-corrected chi connectivity index (χ2v) is 3.26. The van der Waals surface area contributed by atoms with Crippen LogP contribution < -0.4 is 17.2 Å². The topological polar surface area (TPSA) is 192 Å². The zero-order valence-electron chi connectivity index (χ0n) is 8.93. The van der Waals surface area contributed by atoms with Crippen LogP contribution in [-0.4, -0.2) is 63.6 Å². The van der Waals surface area contributed by atoms with Crippen LogP contribution >= 0.6 is 12.4 Å². The molecule has 1 aliphatic heterocycles. The van der Waals surface area contributed by atoms with E-state index in [0.717, 1.165) is 0 Å². The van der Waals surface area contributed by atoms with E-state index in [4.69, 9.17) is 26.1 Å². The van der Waals surface area contributed by atoms with Gasteiger partial charge in [-0.25, -0.2) is 0 Å². The quantitative estimate of drug-likeness (QED) is 0.175. The molecular formula is C7H19ClN4O5. The second-order valence-electron chi connectivity index (χ2n) is 3.26. The van der Waals surface area contributed by atoms with Gasteiger partial charge in [0.25, 0.3) is 0 Å². The van der Waals surface area contributed by atoms with Crippen LogP contribution in [0.2, 0.25) is 0 Å². The maximum atomic E-state index is 9.20. The second kappa shape index (κ2) is 8.42. The van der Waals surface area contributed by atoms with Crippen molar-refractivity contribution in [2.24, 2.45) is 17.2 Å². The fourth-order valence-electron chi connectivity index (χ4n) is 1.12. The Hall–Kier alpha value is -0.680. The van der Waals surface area contributed by atoms with Crippen molar-refractivity contribution in [3.63, 3.8) is 0 Å². The number of aliphatic hydroxyl groups is 4. The summed E-state index contributed by atoms with van der Waals surface area (Å²) in [7, 11) is 0. The average Bonchev–Trinajstić information content (AvgIpc) is 2.19. The highest BCUT2D eigenvalue weighted by Gasteiger charge is 2.41. The van der Waals surface area contributed by atoms with Crippen molar-refractivity contribution < 1.29 is 25.2 Å². The van der Waals surface area contributed by atoms with Gasteiger partial charge in [-0.05, 0) is 0 Å². The molecule has 0 aromatic heterocycles. The van der Waals surface area contributed by atoms with Gasteiger partial charge in [0.2, 0.25) is 0 Å². The summed E-state index contributed by atoms with van der Waals surface area (Å²) < 4.78 is 4.70. The highest BCUT2D eigenvalue weighted by Crippen LogP contribution is 2.17. The molecule has 10 heteroatoms. The Balaban J connectivity index is 0. The Morgan fingerprint density at radius 3 is 1.94 bits per heavy atom. The Morgan fingerprint density at radius 2 is 1.59 bits per heavy atom. The van der Waals surface area contributed by atoms with Crippen LogP contribution in [0.3, 0.4) is 0 Å². The molecule has 1 saturated heterocycles. The van der Waals surface area contributed by atoms with Gasteiger partial charge in [-0.2, -0.15) is 0 Å². The third kappa shape index (κ3) is 5.98. The maximum absolute atomic E-state index is 9.20. The molecule has 1 fully saturated rings. The van der Waals surface area contributed by atoms with E-state index in [2.05, 4.69) is 11.5 Å². The van der Waals surface area contributed by atoms with E-state index >= 15 is 0 Å². The lowest BCUT2D eigenvalue weighted by atomic mass is 9.98. The number of hydrogen-bond acceptors (Lipinski definition) is 7. The lowest BCUT2D eigenvalue weighted by molar-refractivity contribution is -0.248. The number of rotatable bonds is 1. The van der Waals surface area contributed by atoms with E-state index in [9.17, 15) is 10.2 Å². The zero-order valence-corrected chi connectivity index (χ0v) is 9.75. The number of ether oxygens (including phenoxy) is 1. The molecule has 104 valence electrons. The van der Waals surface area contributed by atoms with Gasteiger partial charge in [0.1, 0.15) is 18.3 Å². The Morgan fingerprint density at radius 1 is 1.18 bits per heavy atom. The number of nitrogens with two attached hydrogens (primary N) is 3. The summed E-state index contributed by atoms with van der Waals surface area (Å²) in [5, 5.41) is 42.1. The molecule has 0 amide bonds. The van der Waals surface area contributed by atoms with Crippen molar-refractivity contribution in [3.8, 4) is 0 Å². The third-order valence-corrected chi connectivity index (χ3v) is 1.95. The monoisotopic (exact) mass is 274 g/mol. The molecule has 0 aromatic rings. The normalized spacial score (nSPS) is 36.2. The van der Waals surface area contributed by atoms with Crippen molar-refractivity contribution >= 4 is 18.4 Å². The van der Waals surface area contributed by atoms with E-state index in [-0.39, 0.29) is 18.4 Å². The van der Waals surface area contributed by atoms with E-state index in [0.29, 0.717) is 0 Å². The first-order chi connectivity index (χ1) is 7.31. The van der Waals surface area contributed by atoms with Gasteiger partial charge < -0.3 is 42.4 Å². The Kier molecular flexibility index (Phi) is 9.25. The minimum Gasteiger partial charge on any atom is -0.394 e. The first kappa shape index (κ1) is 18.7. The molecule has 0 aromatic carbocycles. The highest BCUT2D eigenvalue weighted by molar-refractivity contribution is 5.85. The fourth-order valence-corrected chi connectivity index (χ4v) is 1.12. The van der Waals surface area contributed by atoms with Crippen molar-refractivity contribution in [2.75, 3.05) is 6.61 Å². The van der Waals surface area contributed by atoms with Crippen LogP contribution in [0, 0.1) is 5.41 Å². The van der Waals surface area contributed by atoms with Gasteiger partial charge >= 0.3 is 0 Å². The van der Waals surface area contributed by atoms with Gasteiger partial charge in [0.05, 0.1) is 12.6 Å². The smallest absolute Gasteiger partial charge is 0.183 e. The molecule has 11 N–H and O–H groups in total. The third-order valence-electron chi connectivity index (χ3n) is 1.95. The summed E-state index contributed by atoms with van der Waals surface area (Å²) in [4.78, 5) is 0. The standard InChI is InChI=1S/C6H13NO5.CH5N3.ClH/c7-3-5(10)4(9)2(1-8)12-6(3)11;2-1(3)4;/h2-6,8-11H,1,7H2;(H5,2,3,4);1H/t2-,3-,4-,5-,6-;;/m1../s1. The summed E-state index contributed by atoms with van der Waals surface area (Å²) in [6, 6.07) is -1.04. The highest BCUT2D eigenvalue weighted by atomic mass is 35.5. The van der Waals surface area contributed by atoms with Crippen molar-refractivity contribution in [1.29, 1.82) is 5.41 Å². The Labute approximate surface area is 104 Å². The van der Waals surface area contributed by atoms with E-state index in [1.54, 1.807) is 0 Å². The van der Waals surface area contributed by atoms with Crippen molar-refractivity contribution in [1.82, 2.24) is 0 Å². The summed E-state index contributed by atoms with van der Waals surface area (Å²) in [6.45, 7) is -0.470. The minimum atomic E-state index is -1.35. The van der Waals surface area contributed by atoms with Gasteiger partial charge in [0.15, 0.2) is 12.2 Å². The lowest BCUT2D eigenvalue weighted by Crippen LogP contribution is -2.61. The van der Waals surface area contributed by atoms with Crippen LogP contribution in [-0.2, 0) is 4.74 Å². The molecule has 0 radical (unpaired) electrons. The fraction of sp³-hybridized carbons (Fsp3) is 0.857. The Bertz CT molecular complexity index is 226. The van der Waals surface area contributed by atoms with Gasteiger partial charge in [0, 0.05) is 0 Å². The number of aliphatic hydroxyl groups excluding tert-OH is 4.